The number of hydrogen-bond donors (Lipinski definition) is 1. The predicted octanol–water partition coefficient (Wildman–Crippen LogP) is 4.04. The lowest BCUT2D eigenvalue weighted by Gasteiger charge is -2.31. The first-order valence-corrected chi connectivity index (χ1v) is 12.1. The van der Waals surface area contributed by atoms with Crippen LogP contribution in [-0.4, -0.2) is 47.0 Å². The van der Waals surface area contributed by atoms with Gasteiger partial charge in [-0.15, -0.1) is 0 Å². The average Bonchev–Trinajstić information content (AvgIpc) is 2.65. The van der Waals surface area contributed by atoms with Gasteiger partial charge in [0.05, 0.1) is 17.5 Å². The number of rotatable bonds is 5. The number of hydrogen-bond acceptors (Lipinski definition) is 6. The van der Waals surface area contributed by atoms with E-state index >= 15 is 0 Å². The summed E-state index contributed by atoms with van der Waals surface area (Å²) < 4.78 is 64.5. The van der Waals surface area contributed by atoms with Gasteiger partial charge >= 0.3 is 6.18 Å². The minimum absolute atomic E-state index is 0.0421. The molecular weight excluding hydrogens is 431 g/mol. The zero-order valence-corrected chi connectivity index (χ0v) is 17.9. The molecule has 1 saturated carbocycles. The minimum atomic E-state index is -4.47. The van der Waals surface area contributed by atoms with Crippen molar-refractivity contribution in [2.45, 2.75) is 50.1 Å². The Hall–Kier alpha value is -2.27. The molecule has 7 nitrogen and oxygen atoms in total. The molecule has 3 heterocycles. The van der Waals surface area contributed by atoms with Crippen LogP contribution in [0.25, 0.3) is 0 Å². The lowest BCUT2D eigenvalue weighted by molar-refractivity contribution is -0.137. The van der Waals surface area contributed by atoms with Gasteiger partial charge in [0.2, 0.25) is 10.0 Å². The summed E-state index contributed by atoms with van der Waals surface area (Å²) in [6.45, 7) is 0.816. The summed E-state index contributed by atoms with van der Waals surface area (Å²) in [6.07, 6.45) is 2.35. The van der Waals surface area contributed by atoms with Crippen LogP contribution < -0.4 is 5.32 Å². The summed E-state index contributed by atoms with van der Waals surface area (Å²) >= 11 is 0. The summed E-state index contributed by atoms with van der Waals surface area (Å²) in [7, 11) is -3.31. The van der Waals surface area contributed by atoms with Gasteiger partial charge < -0.3 is 5.32 Å². The van der Waals surface area contributed by atoms with E-state index in [-0.39, 0.29) is 17.7 Å². The number of nitrogens with one attached hydrogen (secondary N) is 1. The van der Waals surface area contributed by atoms with Gasteiger partial charge in [-0.1, -0.05) is 6.42 Å². The van der Waals surface area contributed by atoms with E-state index < -0.39 is 21.8 Å². The molecule has 1 unspecified atom stereocenters. The lowest BCUT2D eigenvalue weighted by atomic mass is 9.84. The molecule has 0 amide bonds. The largest absolute Gasteiger partial charge is 0.416 e. The van der Waals surface area contributed by atoms with Gasteiger partial charge in [-0.3, -0.25) is 0 Å². The molecule has 11 heteroatoms. The van der Waals surface area contributed by atoms with Crippen molar-refractivity contribution in [3.8, 4) is 0 Å². The SMILES string of the molecule is CS(=O)(=O)N1CCCC(c2cc(Nc3cc(C(F)(F)F)ccn3)nc(C3CCC3)n2)C1. The molecule has 1 aliphatic heterocycles. The number of alkyl halides is 3. The maximum absolute atomic E-state index is 13.0. The average molecular weight is 456 g/mol. The third kappa shape index (κ3) is 5.15. The van der Waals surface area contributed by atoms with E-state index in [2.05, 4.69) is 15.3 Å². The van der Waals surface area contributed by atoms with Gasteiger partial charge in [0, 0.05) is 37.2 Å². The van der Waals surface area contributed by atoms with Crippen LogP contribution in [0, 0.1) is 0 Å². The predicted molar refractivity (Wildman–Crippen MR) is 110 cm³/mol. The quantitative estimate of drug-likeness (QED) is 0.732. The van der Waals surface area contributed by atoms with E-state index in [0.29, 0.717) is 30.4 Å². The molecule has 1 aliphatic carbocycles. The highest BCUT2D eigenvalue weighted by Crippen LogP contribution is 2.37. The molecule has 1 N–H and O–H groups in total. The van der Waals surface area contributed by atoms with Crippen LogP contribution in [0.3, 0.4) is 0 Å². The number of aromatic nitrogens is 3. The molecule has 2 aliphatic rings. The monoisotopic (exact) mass is 455 g/mol. The zero-order valence-electron chi connectivity index (χ0n) is 17.1. The standard InChI is InChI=1S/C20H24F3N5O2S/c1-31(29,30)28-9-3-6-14(12-28)16-11-18(27-19(25-16)13-4-2-5-13)26-17-10-15(7-8-24-17)20(21,22)23/h7-8,10-11,13-14H,2-6,9,12H2,1H3,(H,24,25,26,27). The maximum Gasteiger partial charge on any atom is 0.416 e. The Bertz CT molecular complexity index is 1060. The summed E-state index contributed by atoms with van der Waals surface area (Å²) in [5.74, 6) is 1.18. The molecule has 168 valence electrons. The van der Waals surface area contributed by atoms with Crippen LogP contribution in [-0.2, 0) is 16.2 Å². The summed E-state index contributed by atoms with van der Waals surface area (Å²) in [5, 5.41) is 2.89. The zero-order chi connectivity index (χ0) is 22.2. The first-order chi connectivity index (χ1) is 14.6. The minimum Gasteiger partial charge on any atom is -0.325 e. The number of nitrogens with zero attached hydrogens (tertiary/aromatic N) is 4. The molecule has 0 spiro atoms. The van der Waals surface area contributed by atoms with Crippen LogP contribution in [0.5, 0.6) is 0 Å². The van der Waals surface area contributed by atoms with Gasteiger partial charge in [-0.05, 0) is 37.8 Å². The summed E-state index contributed by atoms with van der Waals surface area (Å²) in [4.78, 5) is 13.2. The molecule has 0 aromatic carbocycles. The fraction of sp³-hybridized carbons (Fsp3) is 0.550. The molecule has 4 rings (SSSR count). The van der Waals surface area contributed by atoms with Crippen LogP contribution in [0.15, 0.2) is 24.4 Å². The Labute approximate surface area is 179 Å². The van der Waals surface area contributed by atoms with Crippen molar-refractivity contribution in [3.63, 3.8) is 0 Å². The Kier molecular flexibility index (Phi) is 5.91. The Morgan fingerprint density at radius 3 is 2.45 bits per heavy atom. The third-order valence-electron chi connectivity index (χ3n) is 5.85. The second-order valence-corrected chi connectivity index (χ2v) is 10.2. The van der Waals surface area contributed by atoms with Crippen LogP contribution in [0.2, 0.25) is 0 Å². The number of pyridine rings is 1. The first-order valence-electron chi connectivity index (χ1n) is 10.2. The Balaban J connectivity index is 1.64. The smallest absolute Gasteiger partial charge is 0.325 e. The van der Waals surface area contributed by atoms with Crippen molar-refractivity contribution in [1.29, 1.82) is 0 Å². The molecule has 31 heavy (non-hydrogen) atoms. The summed E-state index contributed by atoms with van der Waals surface area (Å²) in [6, 6.07) is 3.55. The van der Waals surface area contributed by atoms with Crippen molar-refractivity contribution in [3.05, 3.63) is 41.5 Å². The normalized spacial score (nSPS) is 21.0. The molecule has 2 aromatic heterocycles. The molecular formula is C20H24F3N5O2S. The van der Waals surface area contributed by atoms with Gasteiger partial charge in [0.1, 0.15) is 17.5 Å². The van der Waals surface area contributed by atoms with E-state index in [4.69, 9.17) is 4.98 Å². The van der Waals surface area contributed by atoms with E-state index in [9.17, 15) is 21.6 Å². The van der Waals surface area contributed by atoms with Crippen LogP contribution >= 0.6 is 0 Å². The van der Waals surface area contributed by atoms with Crippen molar-refractivity contribution in [2.75, 3.05) is 24.7 Å². The molecule has 1 atom stereocenters. The highest BCUT2D eigenvalue weighted by Gasteiger charge is 2.32. The van der Waals surface area contributed by atoms with Crippen molar-refractivity contribution >= 4 is 21.7 Å². The van der Waals surface area contributed by atoms with Crippen molar-refractivity contribution in [1.82, 2.24) is 19.3 Å². The molecule has 2 fully saturated rings. The highest BCUT2D eigenvalue weighted by atomic mass is 32.2. The third-order valence-corrected chi connectivity index (χ3v) is 7.12. The number of piperidine rings is 1. The fourth-order valence-corrected chi connectivity index (χ4v) is 4.81. The van der Waals surface area contributed by atoms with Crippen molar-refractivity contribution in [2.24, 2.45) is 0 Å². The molecule has 2 aromatic rings. The number of anilines is 2. The second-order valence-electron chi connectivity index (χ2n) is 8.18. The number of sulfonamides is 1. The fourth-order valence-electron chi connectivity index (χ4n) is 3.90. The van der Waals surface area contributed by atoms with Gasteiger partial charge in [0.25, 0.3) is 0 Å². The van der Waals surface area contributed by atoms with Gasteiger partial charge in [0.15, 0.2) is 0 Å². The highest BCUT2D eigenvalue weighted by molar-refractivity contribution is 7.88. The molecule has 0 bridgehead atoms. The van der Waals surface area contributed by atoms with E-state index in [1.165, 1.54) is 10.6 Å². The van der Waals surface area contributed by atoms with E-state index in [1.807, 2.05) is 0 Å². The van der Waals surface area contributed by atoms with E-state index in [1.54, 1.807) is 6.07 Å². The lowest BCUT2D eigenvalue weighted by Crippen LogP contribution is -2.38. The second kappa shape index (κ2) is 8.34. The summed E-state index contributed by atoms with van der Waals surface area (Å²) in [5.41, 5.74) is -0.0886. The topological polar surface area (TPSA) is 88.1 Å². The Morgan fingerprint density at radius 1 is 1.06 bits per heavy atom. The first kappa shape index (κ1) is 21.9. The molecule has 0 radical (unpaired) electrons. The van der Waals surface area contributed by atoms with Gasteiger partial charge in [-0.2, -0.15) is 13.2 Å². The van der Waals surface area contributed by atoms with Crippen LogP contribution in [0.1, 0.15) is 61.0 Å². The number of halogens is 3. The van der Waals surface area contributed by atoms with Gasteiger partial charge in [-0.25, -0.2) is 27.7 Å². The Morgan fingerprint density at radius 2 is 1.81 bits per heavy atom. The van der Waals surface area contributed by atoms with E-state index in [0.717, 1.165) is 50.4 Å². The molecule has 1 saturated heterocycles. The maximum atomic E-state index is 13.0. The van der Waals surface area contributed by atoms with Crippen molar-refractivity contribution < 1.29 is 21.6 Å². The van der Waals surface area contributed by atoms with Crippen LogP contribution in [0.4, 0.5) is 24.8 Å².